The first-order valence-corrected chi connectivity index (χ1v) is 10.0. The molecule has 0 amide bonds. The molecule has 1 N–H and O–H groups in total. The Hall–Kier alpha value is -1.62. The van der Waals surface area contributed by atoms with E-state index in [4.69, 9.17) is 9.47 Å². The molecule has 0 aliphatic heterocycles. The van der Waals surface area contributed by atoms with Crippen molar-refractivity contribution in [2.75, 3.05) is 0 Å². The lowest BCUT2D eigenvalue weighted by molar-refractivity contribution is -0.342. The van der Waals surface area contributed by atoms with Gasteiger partial charge in [0, 0.05) is 29.4 Å². The van der Waals surface area contributed by atoms with Crippen LogP contribution in [0.3, 0.4) is 0 Å². The SMILES string of the molecule is C=CC(=O)OC1(C2CCCCC2)[C@@H]2CC[C@](C)(C2(C)C)[C@@]1(O)OC(=O)C=C. The molecule has 0 heterocycles. The quantitative estimate of drug-likeness (QED) is 0.447. The highest BCUT2D eigenvalue weighted by atomic mass is 16.7. The Morgan fingerprint density at radius 1 is 0.963 bits per heavy atom. The molecule has 150 valence electrons. The van der Waals surface area contributed by atoms with Crippen molar-refractivity contribution in [2.45, 2.75) is 77.1 Å². The average Bonchev–Trinajstić information content (AvgIpc) is 2.95. The lowest BCUT2D eigenvalue weighted by Gasteiger charge is -2.54. The minimum absolute atomic E-state index is 0.0656. The number of aliphatic hydroxyl groups is 1. The number of hydrogen-bond donors (Lipinski definition) is 1. The zero-order valence-corrected chi connectivity index (χ0v) is 16.8. The van der Waals surface area contributed by atoms with Crippen LogP contribution in [0.5, 0.6) is 0 Å². The maximum Gasteiger partial charge on any atom is 0.332 e. The number of carbonyl (C=O) groups is 2. The summed E-state index contributed by atoms with van der Waals surface area (Å²) in [6.07, 6.45) is 8.51. The van der Waals surface area contributed by atoms with Gasteiger partial charge in [-0.25, -0.2) is 9.59 Å². The maximum atomic E-state index is 12.4. The molecule has 0 aromatic rings. The number of fused-ring (bicyclic) bond motifs is 2. The lowest BCUT2D eigenvalue weighted by Crippen LogP contribution is -2.68. The van der Waals surface area contributed by atoms with Gasteiger partial charge in [0.25, 0.3) is 5.79 Å². The Labute approximate surface area is 161 Å². The van der Waals surface area contributed by atoms with Gasteiger partial charge in [0.2, 0.25) is 0 Å². The molecule has 5 heteroatoms. The standard InChI is InChI=1S/C22H32O5/c1-6-17(23)26-21(15-11-9-8-10-12-15)16-13-14-20(5,19(16,3)4)22(21,25)27-18(24)7-2/h6-7,15-16,25H,1-2,8-14H2,3-5H3/t16-,20-,21?,22-/m1/s1. The van der Waals surface area contributed by atoms with Crippen LogP contribution < -0.4 is 0 Å². The van der Waals surface area contributed by atoms with Gasteiger partial charge in [0.1, 0.15) is 0 Å². The van der Waals surface area contributed by atoms with E-state index in [9.17, 15) is 14.7 Å². The monoisotopic (exact) mass is 376 g/mol. The normalized spacial score (nSPS) is 40.4. The molecule has 0 aromatic heterocycles. The van der Waals surface area contributed by atoms with Crippen molar-refractivity contribution >= 4 is 11.9 Å². The first-order valence-electron chi connectivity index (χ1n) is 10.0. The Morgan fingerprint density at radius 3 is 2.07 bits per heavy atom. The largest absolute Gasteiger partial charge is 0.448 e. The molecule has 3 rings (SSSR count). The van der Waals surface area contributed by atoms with Crippen molar-refractivity contribution in [3.8, 4) is 0 Å². The first-order chi connectivity index (χ1) is 12.6. The molecule has 27 heavy (non-hydrogen) atoms. The molecule has 0 aromatic carbocycles. The number of carbonyl (C=O) groups excluding carboxylic acids is 2. The summed E-state index contributed by atoms with van der Waals surface area (Å²) in [6.45, 7) is 13.2. The maximum absolute atomic E-state index is 12.4. The van der Waals surface area contributed by atoms with Gasteiger partial charge < -0.3 is 14.6 Å². The zero-order chi connectivity index (χ0) is 20.1. The highest BCUT2D eigenvalue weighted by Gasteiger charge is 2.85. The predicted octanol–water partition coefficient (Wildman–Crippen LogP) is 3.91. The molecule has 3 aliphatic carbocycles. The van der Waals surface area contributed by atoms with Crippen LogP contribution in [0.2, 0.25) is 0 Å². The van der Waals surface area contributed by atoms with Crippen LogP contribution in [0.25, 0.3) is 0 Å². The van der Waals surface area contributed by atoms with Gasteiger partial charge in [-0.3, -0.25) is 0 Å². The van der Waals surface area contributed by atoms with Gasteiger partial charge in [-0.05, 0) is 31.1 Å². The van der Waals surface area contributed by atoms with Crippen molar-refractivity contribution in [2.24, 2.45) is 22.7 Å². The second kappa shape index (κ2) is 6.47. The van der Waals surface area contributed by atoms with E-state index >= 15 is 0 Å². The van der Waals surface area contributed by atoms with Crippen molar-refractivity contribution in [3.05, 3.63) is 25.3 Å². The van der Waals surface area contributed by atoms with E-state index in [0.29, 0.717) is 6.42 Å². The van der Waals surface area contributed by atoms with Crippen LogP contribution in [0.1, 0.15) is 65.7 Å². The Morgan fingerprint density at radius 2 is 1.52 bits per heavy atom. The van der Waals surface area contributed by atoms with E-state index in [-0.39, 0.29) is 17.3 Å². The molecular formula is C22H32O5. The van der Waals surface area contributed by atoms with Crippen molar-refractivity contribution < 1.29 is 24.2 Å². The second-order valence-electron chi connectivity index (χ2n) is 9.17. The minimum Gasteiger partial charge on any atom is -0.448 e. The Bertz CT molecular complexity index is 662. The molecule has 3 fully saturated rings. The molecule has 4 atom stereocenters. The van der Waals surface area contributed by atoms with E-state index in [2.05, 4.69) is 27.0 Å². The number of rotatable bonds is 5. The summed E-state index contributed by atoms with van der Waals surface area (Å²) in [5.41, 5.74) is -2.38. The molecule has 1 unspecified atom stereocenters. The fourth-order valence-corrected chi connectivity index (χ4v) is 6.43. The highest BCUT2D eigenvalue weighted by Crippen LogP contribution is 2.76. The van der Waals surface area contributed by atoms with E-state index in [1.807, 2.05) is 6.92 Å². The molecule has 0 saturated heterocycles. The van der Waals surface area contributed by atoms with Gasteiger partial charge in [0.05, 0.1) is 0 Å². The molecule has 5 nitrogen and oxygen atoms in total. The third kappa shape index (κ3) is 2.40. The van der Waals surface area contributed by atoms with Crippen molar-refractivity contribution in [3.63, 3.8) is 0 Å². The van der Waals surface area contributed by atoms with Crippen LogP contribution in [0, 0.1) is 22.7 Å². The van der Waals surface area contributed by atoms with Gasteiger partial charge in [-0.15, -0.1) is 0 Å². The fourth-order valence-electron chi connectivity index (χ4n) is 6.43. The molecule has 3 aliphatic rings. The van der Waals surface area contributed by atoms with Gasteiger partial charge in [-0.2, -0.15) is 0 Å². The van der Waals surface area contributed by atoms with Crippen LogP contribution in [0.15, 0.2) is 25.3 Å². The average molecular weight is 376 g/mol. The summed E-state index contributed by atoms with van der Waals surface area (Å²) < 4.78 is 11.8. The van der Waals surface area contributed by atoms with Crippen LogP contribution in [-0.2, 0) is 19.1 Å². The van der Waals surface area contributed by atoms with Gasteiger partial charge in [0.15, 0.2) is 5.60 Å². The number of esters is 2. The fraction of sp³-hybridized carbons (Fsp3) is 0.727. The Kier molecular flexibility index (Phi) is 4.82. The predicted molar refractivity (Wildman–Crippen MR) is 101 cm³/mol. The summed E-state index contributed by atoms with van der Waals surface area (Å²) in [4.78, 5) is 24.7. The highest BCUT2D eigenvalue weighted by molar-refractivity contribution is 5.83. The van der Waals surface area contributed by atoms with E-state index < -0.39 is 28.7 Å². The minimum atomic E-state index is -1.90. The lowest BCUT2D eigenvalue weighted by atomic mass is 9.63. The zero-order valence-electron chi connectivity index (χ0n) is 16.8. The summed E-state index contributed by atoms with van der Waals surface area (Å²) >= 11 is 0. The molecular weight excluding hydrogens is 344 g/mol. The number of ether oxygens (including phenoxy) is 2. The summed E-state index contributed by atoms with van der Waals surface area (Å²) in [5.74, 6) is -3.36. The van der Waals surface area contributed by atoms with Crippen molar-refractivity contribution in [1.82, 2.24) is 0 Å². The van der Waals surface area contributed by atoms with Crippen LogP contribution in [-0.4, -0.2) is 28.4 Å². The Balaban J connectivity index is 2.23. The van der Waals surface area contributed by atoms with Crippen LogP contribution in [0.4, 0.5) is 0 Å². The third-order valence-corrected chi connectivity index (χ3v) is 8.08. The molecule has 3 saturated carbocycles. The van der Waals surface area contributed by atoms with E-state index in [1.54, 1.807) is 0 Å². The number of hydrogen-bond acceptors (Lipinski definition) is 5. The molecule has 0 radical (unpaired) electrons. The van der Waals surface area contributed by atoms with Gasteiger partial charge >= 0.3 is 11.9 Å². The van der Waals surface area contributed by atoms with Crippen LogP contribution >= 0.6 is 0 Å². The van der Waals surface area contributed by atoms with Crippen molar-refractivity contribution in [1.29, 1.82) is 0 Å². The first kappa shape index (κ1) is 20.1. The summed E-state index contributed by atoms with van der Waals surface area (Å²) in [6, 6.07) is 0. The molecule has 2 bridgehead atoms. The summed E-state index contributed by atoms with van der Waals surface area (Å²) in [7, 11) is 0. The van der Waals surface area contributed by atoms with Gasteiger partial charge in [-0.1, -0.05) is 53.2 Å². The summed E-state index contributed by atoms with van der Waals surface area (Å²) in [5, 5.41) is 12.1. The third-order valence-electron chi connectivity index (χ3n) is 8.08. The topological polar surface area (TPSA) is 72.8 Å². The smallest absolute Gasteiger partial charge is 0.332 e. The van der Waals surface area contributed by atoms with E-state index in [0.717, 1.165) is 50.7 Å². The second-order valence-corrected chi connectivity index (χ2v) is 9.17. The molecule has 0 spiro atoms. The van der Waals surface area contributed by atoms with E-state index in [1.165, 1.54) is 0 Å².